The van der Waals surface area contributed by atoms with Crippen LogP contribution in [0.3, 0.4) is 0 Å². The molecule has 1 amide bonds. The molecule has 0 bridgehead atoms. The number of piperazine rings is 1. The van der Waals surface area contributed by atoms with Crippen molar-refractivity contribution in [2.45, 2.75) is 18.7 Å². The number of carbonyl (C=O) groups excluding carboxylic acids is 1. The maximum absolute atomic E-state index is 13.1. The van der Waals surface area contributed by atoms with E-state index in [1.165, 1.54) is 10.4 Å². The molecule has 31 heavy (non-hydrogen) atoms. The molecule has 0 saturated carbocycles. The maximum Gasteiger partial charge on any atom is 0.293 e. The van der Waals surface area contributed by atoms with E-state index in [2.05, 4.69) is 4.98 Å². The zero-order valence-corrected chi connectivity index (χ0v) is 18.0. The quantitative estimate of drug-likeness (QED) is 0.493. The molecule has 2 aromatic carbocycles. The molecular weight excluding hydrogens is 420 g/mol. The average Bonchev–Trinajstić information content (AvgIpc) is 3.19. The van der Waals surface area contributed by atoms with Gasteiger partial charge in [0.2, 0.25) is 10.0 Å². The molecule has 1 saturated heterocycles. The second-order valence-electron chi connectivity index (χ2n) is 7.65. The summed E-state index contributed by atoms with van der Waals surface area (Å²) in [4.78, 5) is 28.4. The Morgan fingerprint density at radius 1 is 1.06 bits per heavy atom. The topological polar surface area (TPSA) is 117 Å². The van der Waals surface area contributed by atoms with E-state index in [1.807, 2.05) is 13.0 Å². The summed E-state index contributed by atoms with van der Waals surface area (Å²) in [6.45, 7) is 4.45. The van der Waals surface area contributed by atoms with Crippen LogP contribution in [0, 0.1) is 24.0 Å². The fourth-order valence-electron chi connectivity index (χ4n) is 3.83. The zero-order valence-electron chi connectivity index (χ0n) is 17.2. The number of hydrogen-bond acceptors (Lipinski definition) is 5. The fourth-order valence-corrected chi connectivity index (χ4v) is 5.57. The molecule has 4 rings (SSSR count). The van der Waals surface area contributed by atoms with E-state index in [1.54, 1.807) is 42.2 Å². The molecule has 1 aliphatic rings. The van der Waals surface area contributed by atoms with Crippen molar-refractivity contribution < 1.29 is 18.1 Å². The molecule has 0 aliphatic carbocycles. The number of H-pyrrole nitrogens is 1. The third-order valence-corrected chi connectivity index (χ3v) is 7.59. The van der Waals surface area contributed by atoms with E-state index in [-0.39, 0.29) is 48.4 Å². The van der Waals surface area contributed by atoms with Crippen LogP contribution in [0.1, 0.15) is 21.6 Å². The Morgan fingerprint density at radius 2 is 1.77 bits per heavy atom. The summed E-state index contributed by atoms with van der Waals surface area (Å²) in [7, 11) is -3.65. The minimum absolute atomic E-state index is 0.0963. The summed E-state index contributed by atoms with van der Waals surface area (Å²) in [5.41, 5.74) is 2.00. The number of rotatable bonds is 4. The van der Waals surface area contributed by atoms with E-state index < -0.39 is 14.9 Å². The largest absolute Gasteiger partial charge is 0.345 e. The predicted molar refractivity (Wildman–Crippen MR) is 116 cm³/mol. The van der Waals surface area contributed by atoms with Gasteiger partial charge < -0.3 is 9.88 Å². The highest BCUT2D eigenvalue weighted by atomic mass is 32.2. The van der Waals surface area contributed by atoms with Crippen LogP contribution in [0.2, 0.25) is 0 Å². The highest BCUT2D eigenvalue weighted by Gasteiger charge is 2.32. The number of aromatic amines is 1. The number of amides is 1. The summed E-state index contributed by atoms with van der Waals surface area (Å²) < 4.78 is 27.6. The highest BCUT2D eigenvalue weighted by molar-refractivity contribution is 7.89. The number of nitrogens with zero attached hydrogens (tertiary/aromatic N) is 3. The number of fused-ring (bicyclic) bond motifs is 1. The first-order valence-corrected chi connectivity index (χ1v) is 11.3. The number of hydrogen-bond donors (Lipinski definition) is 1. The van der Waals surface area contributed by atoms with Crippen LogP contribution in [0.15, 0.2) is 47.4 Å². The summed E-state index contributed by atoms with van der Waals surface area (Å²) >= 11 is 0. The predicted octanol–water partition coefficient (Wildman–Crippen LogP) is 2.84. The smallest absolute Gasteiger partial charge is 0.293 e. The Morgan fingerprint density at radius 3 is 2.45 bits per heavy atom. The summed E-state index contributed by atoms with van der Waals surface area (Å²) in [6.07, 6.45) is 0. The molecule has 9 nitrogen and oxygen atoms in total. The standard InChI is InChI=1S/C21H22N4O5S/c1-14-6-7-15(2)19(12-14)31(29,30)24-10-8-23(9-11-24)21(26)17-13-16-4-3-5-18(25(27)28)20(16)22-17/h3-7,12-13,22H,8-11H2,1-2H3. The molecule has 0 radical (unpaired) electrons. The summed E-state index contributed by atoms with van der Waals surface area (Å²) in [5.74, 6) is -0.311. The van der Waals surface area contributed by atoms with Crippen LogP contribution in [0.5, 0.6) is 0 Å². The van der Waals surface area contributed by atoms with Gasteiger partial charge in [-0.15, -0.1) is 0 Å². The van der Waals surface area contributed by atoms with Crippen LogP contribution in [0.4, 0.5) is 5.69 Å². The first kappa shape index (κ1) is 21.0. The molecule has 0 atom stereocenters. The van der Waals surface area contributed by atoms with Crippen molar-refractivity contribution >= 4 is 32.5 Å². The van der Waals surface area contributed by atoms with Crippen LogP contribution in [0.25, 0.3) is 10.9 Å². The number of benzene rings is 2. The van der Waals surface area contributed by atoms with E-state index in [0.29, 0.717) is 16.5 Å². The van der Waals surface area contributed by atoms with E-state index in [0.717, 1.165) is 5.56 Å². The molecule has 1 aliphatic heterocycles. The number of sulfonamides is 1. The number of nitrogens with one attached hydrogen (secondary N) is 1. The lowest BCUT2D eigenvalue weighted by atomic mass is 10.2. The number of nitro benzene ring substituents is 1. The lowest BCUT2D eigenvalue weighted by molar-refractivity contribution is -0.383. The lowest BCUT2D eigenvalue weighted by Crippen LogP contribution is -2.50. The Labute approximate surface area is 179 Å². The van der Waals surface area contributed by atoms with Gasteiger partial charge in [-0.05, 0) is 37.1 Å². The first-order chi connectivity index (χ1) is 14.7. The number of aromatic nitrogens is 1. The van der Waals surface area contributed by atoms with Crippen LogP contribution in [-0.2, 0) is 10.0 Å². The van der Waals surface area contributed by atoms with Crippen LogP contribution >= 0.6 is 0 Å². The van der Waals surface area contributed by atoms with Crippen molar-refractivity contribution in [2.24, 2.45) is 0 Å². The Bertz CT molecular complexity index is 1290. The van der Waals surface area contributed by atoms with Gasteiger partial charge in [0.15, 0.2) is 0 Å². The van der Waals surface area contributed by atoms with Gasteiger partial charge in [0.05, 0.1) is 9.82 Å². The van der Waals surface area contributed by atoms with Gasteiger partial charge in [-0.25, -0.2) is 8.42 Å². The van der Waals surface area contributed by atoms with Gasteiger partial charge in [0.1, 0.15) is 11.2 Å². The first-order valence-electron chi connectivity index (χ1n) is 9.81. The van der Waals surface area contributed by atoms with Gasteiger partial charge in [-0.2, -0.15) is 4.31 Å². The molecule has 162 valence electrons. The minimum atomic E-state index is -3.65. The minimum Gasteiger partial charge on any atom is -0.345 e. The lowest BCUT2D eigenvalue weighted by Gasteiger charge is -2.34. The Hall–Kier alpha value is -3.24. The van der Waals surface area contributed by atoms with E-state index in [4.69, 9.17) is 0 Å². The second kappa shape index (κ2) is 7.78. The van der Waals surface area contributed by atoms with E-state index in [9.17, 15) is 23.3 Å². The van der Waals surface area contributed by atoms with Crippen molar-refractivity contribution in [3.05, 3.63) is 69.4 Å². The Balaban J connectivity index is 1.52. The van der Waals surface area contributed by atoms with Crippen molar-refractivity contribution in [3.8, 4) is 0 Å². The number of aryl methyl sites for hydroxylation is 2. The van der Waals surface area contributed by atoms with Crippen LogP contribution < -0.4 is 0 Å². The van der Waals surface area contributed by atoms with Gasteiger partial charge >= 0.3 is 0 Å². The molecule has 0 spiro atoms. The van der Waals surface area contributed by atoms with Gasteiger partial charge in [-0.3, -0.25) is 14.9 Å². The molecule has 1 fully saturated rings. The highest BCUT2D eigenvalue weighted by Crippen LogP contribution is 2.27. The number of non-ortho nitro benzene ring substituents is 1. The van der Waals surface area contributed by atoms with Crippen molar-refractivity contribution in [1.29, 1.82) is 0 Å². The average molecular weight is 442 g/mol. The molecule has 2 heterocycles. The van der Waals surface area contributed by atoms with Crippen molar-refractivity contribution in [3.63, 3.8) is 0 Å². The molecule has 10 heteroatoms. The monoisotopic (exact) mass is 442 g/mol. The maximum atomic E-state index is 13.1. The Kier molecular flexibility index (Phi) is 5.28. The molecule has 3 aromatic rings. The van der Waals surface area contributed by atoms with E-state index >= 15 is 0 Å². The summed E-state index contributed by atoms with van der Waals surface area (Å²) in [5, 5.41) is 11.8. The van der Waals surface area contributed by atoms with Gasteiger partial charge in [0, 0.05) is 37.6 Å². The third kappa shape index (κ3) is 3.79. The number of nitro groups is 1. The van der Waals surface area contributed by atoms with Gasteiger partial charge in [-0.1, -0.05) is 24.3 Å². The van der Waals surface area contributed by atoms with Crippen molar-refractivity contribution in [2.75, 3.05) is 26.2 Å². The van der Waals surface area contributed by atoms with Crippen LogP contribution in [-0.4, -0.2) is 59.6 Å². The second-order valence-corrected chi connectivity index (χ2v) is 9.55. The van der Waals surface area contributed by atoms with Gasteiger partial charge in [0.25, 0.3) is 11.6 Å². The number of para-hydroxylation sites is 1. The molecule has 1 aromatic heterocycles. The fraction of sp³-hybridized carbons (Fsp3) is 0.286. The zero-order chi connectivity index (χ0) is 22.3. The normalized spacial score (nSPS) is 15.4. The van der Waals surface area contributed by atoms with Crippen molar-refractivity contribution in [1.82, 2.24) is 14.2 Å². The molecular formula is C21H22N4O5S. The number of carbonyl (C=O) groups is 1. The summed E-state index contributed by atoms with van der Waals surface area (Å²) in [6, 6.07) is 11.6. The third-order valence-electron chi connectivity index (χ3n) is 5.55. The molecule has 0 unspecified atom stereocenters. The molecule has 1 N–H and O–H groups in total. The SMILES string of the molecule is Cc1ccc(C)c(S(=O)(=O)N2CCN(C(=O)c3cc4cccc([N+](=O)[O-])c4[nH]3)CC2)c1.